The number of carbonyl (C=O) groups is 1. The van der Waals surface area contributed by atoms with Gasteiger partial charge in [0.2, 0.25) is 0 Å². The van der Waals surface area contributed by atoms with Crippen molar-refractivity contribution in [3.8, 4) is 0 Å². The lowest BCUT2D eigenvalue weighted by molar-refractivity contribution is -0.139. The second kappa shape index (κ2) is 4.91. The lowest BCUT2D eigenvalue weighted by Gasteiger charge is -2.08. The number of hydrogen-bond acceptors (Lipinski definition) is 2. The second-order valence-corrected chi connectivity index (χ2v) is 3.48. The standard InChI is InChI=1S/C12H15FO2/c1-4-9-5-8(2)10(11(13)6-9)7-12(14)15-3/h5-6H,4,7H2,1-3H3. The second-order valence-electron chi connectivity index (χ2n) is 3.48. The maximum atomic E-state index is 13.6. The summed E-state index contributed by atoms with van der Waals surface area (Å²) in [6.07, 6.45) is 0.786. The van der Waals surface area contributed by atoms with E-state index >= 15 is 0 Å². The minimum atomic E-state index is -0.416. The molecule has 82 valence electrons. The van der Waals surface area contributed by atoms with E-state index < -0.39 is 5.97 Å². The van der Waals surface area contributed by atoms with Gasteiger partial charge < -0.3 is 4.74 Å². The molecule has 0 unspecified atom stereocenters. The average molecular weight is 210 g/mol. The number of hydrogen-bond donors (Lipinski definition) is 0. The van der Waals surface area contributed by atoms with Gasteiger partial charge in [0, 0.05) is 5.56 Å². The Bertz CT molecular complexity index is 349. The van der Waals surface area contributed by atoms with E-state index in [9.17, 15) is 9.18 Å². The Balaban J connectivity index is 3.03. The van der Waals surface area contributed by atoms with Crippen LogP contribution in [-0.4, -0.2) is 13.1 Å². The van der Waals surface area contributed by atoms with Gasteiger partial charge in [-0.25, -0.2) is 4.39 Å². The summed E-state index contributed by atoms with van der Waals surface area (Å²) < 4.78 is 18.1. The van der Waals surface area contributed by atoms with Gasteiger partial charge in [0.1, 0.15) is 5.82 Å². The summed E-state index contributed by atoms with van der Waals surface area (Å²) in [5.41, 5.74) is 2.18. The fourth-order valence-corrected chi connectivity index (χ4v) is 1.49. The molecule has 0 saturated heterocycles. The third-order valence-corrected chi connectivity index (χ3v) is 2.44. The molecule has 0 aliphatic carbocycles. The molecule has 0 amide bonds. The fraction of sp³-hybridized carbons (Fsp3) is 0.417. The number of benzene rings is 1. The highest BCUT2D eigenvalue weighted by Crippen LogP contribution is 2.17. The number of aryl methyl sites for hydroxylation is 2. The summed E-state index contributed by atoms with van der Waals surface area (Å²) in [6.45, 7) is 3.77. The highest BCUT2D eigenvalue weighted by molar-refractivity contribution is 5.73. The Labute approximate surface area is 89.1 Å². The smallest absolute Gasteiger partial charge is 0.310 e. The van der Waals surface area contributed by atoms with E-state index in [4.69, 9.17) is 0 Å². The first-order valence-corrected chi connectivity index (χ1v) is 4.93. The lowest BCUT2D eigenvalue weighted by atomic mass is 10.0. The summed E-state index contributed by atoms with van der Waals surface area (Å²) in [5, 5.41) is 0. The normalized spacial score (nSPS) is 10.1. The molecule has 0 aromatic heterocycles. The number of esters is 1. The number of ether oxygens (including phenoxy) is 1. The van der Waals surface area contributed by atoms with Gasteiger partial charge in [0.15, 0.2) is 0 Å². The van der Waals surface area contributed by atoms with Gasteiger partial charge >= 0.3 is 5.97 Å². The maximum Gasteiger partial charge on any atom is 0.310 e. The van der Waals surface area contributed by atoms with Crippen molar-refractivity contribution in [1.82, 2.24) is 0 Å². The Kier molecular flexibility index (Phi) is 3.83. The molecule has 0 fully saturated rings. The molecule has 0 N–H and O–H groups in total. The van der Waals surface area contributed by atoms with E-state index in [2.05, 4.69) is 4.74 Å². The zero-order valence-electron chi connectivity index (χ0n) is 9.26. The van der Waals surface area contributed by atoms with Crippen LogP contribution in [-0.2, 0) is 22.4 Å². The molecule has 1 rings (SSSR count). The van der Waals surface area contributed by atoms with Crippen molar-refractivity contribution >= 4 is 5.97 Å². The zero-order chi connectivity index (χ0) is 11.4. The molecule has 2 nitrogen and oxygen atoms in total. The van der Waals surface area contributed by atoms with Gasteiger partial charge in [-0.3, -0.25) is 4.79 Å². The van der Waals surface area contributed by atoms with Crippen molar-refractivity contribution in [2.75, 3.05) is 7.11 Å². The molecule has 0 aliphatic heterocycles. The molecule has 0 heterocycles. The van der Waals surface area contributed by atoms with Gasteiger partial charge in [-0.05, 0) is 30.5 Å². The lowest BCUT2D eigenvalue weighted by Crippen LogP contribution is -2.08. The van der Waals surface area contributed by atoms with Crippen LogP contribution in [0.2, 0.25) is 0 Å². The molecule has 0 bridgehead atoms. The largest absolute Gasteiger partial charge is 0.469 e. The monoisotopic (exact) mass is 210 g/mol. The highest BCUT2D eigenvalue weighted by atomic mass is 19.1. The molecular formula is C12H15FO2. The number of methoxy groups -OCH3 is 1. The van der Waals surface area contributed by atoms with Crippen LogP contribution in [0.5, 0.6) is 0 Å². The van der Waals surface area contributed by atoms with E-state index in [1.807, 2.05) is 13.0 Å². The summed E-state index contributed by atoms with van der Waals surface area (Å²) in [7, 11) is 1.30. The van der Waals surface area contributed by atoms with E-state index in [0.29, 0.717) is 5.56 Å². The summed E-state index contributed by atoms with van der Waals surface area (Å²) in [6, 6.07) is 3.38. The fourth-order valence-electron chi connectivity index (χ4n) is 1.49. The first-order chi connectivity index (χ1) is 7.08. The Morgan fingerprint density at radius 2 is 2.13 bits per heavy atom. The van der Waals surface area contributed by atoms with Crippen LogP contribution in [0.4, 0.5) is 4.39 Å². The average Bonchev–Trinajstić information content (AvgIpc) is 2.22. The van der Waals surface area contributed by atoms with Gasteiger partial charge in [-0.1, -0.05) is 13.0 Å². The van der Waals surface area contributed by atoms with Crippen LogP contribution in [0.15, 0.2) is 12.1 Å². The van der Waals surface area contributed by atoms with Crippen LogP contribution in [0.25, 0.3) is 0 Å². The van der Waals surface area contributed by atoms with Gasteiger partial charge in [-0.15, -0.1) is 0 Å². The Hall–Kier alpha value is -1.38. The minimum Gasteiger partial charge on any atom is -0.469 e. The summed E-state index contributed by atoms with van der Waals surface area (Å²) in [4.78, 5) is 11.1. The molecule has 0 atom stereocenters. The first kappa shape index (κ1) is 11.7. The molecule has 1 aromatic rings. The molecule has 0 spiro atoms. The highest BCUT2D eigenvalue weighted by Gasteiger charge is 2.12. The Morgan fingerprint density at radius 1 is 1.47 bits per heavy atom. The molecular weight excluding hydrogens is 195 g/mol. The van der Waals surface area contributed by atoms with Crippen molar-refractivity contribution in [2.45, 2.75) is 26.7 Å². The predicted molar refractivity (Wildman–Crippen MR) is 56.2 cm³/mol. The van der Waals surface area contributed by atoms with Crippen molar-refractivity contribution in [3.05, 3.63) is 34.6 Å². The summed E-state index contributed by atoms with van der Waals surface area (Å²) in [5.74, 6) is -0.738. The van der Waals surface area contributed by atoms with Crippen LogP contribution in [0.3, 0.4) is 0 Å². The van der Waals surface area contributed by atoms with Gasteiger partial charge in [-0.2, -0.15) is 0 Å². The maximum absolute atomic E-state index is 13.6. The SMILES string of the molecule is CCc1cc(C)c(CC(=O)OC)c(F)c1. The van der Waals surface area contributed by atoms with E-state index in [-0.39, 0.29) is 12.2 Å². The molecule has 1 aromatic carbocycles. The number of carbonyl (C=O) groups excluding carboxylic acids is 1. The van der Waals surface area contributed by atoms with Gasteiger partial charge in [0.05, 0.1) is 13.5 Å². The zero-order valence-corrected chi connectivity index (χ0v) is 9.26. The van der Waals surface area contributed by atoms with Crippen molar-refractivity contribution in [3.63, 3.8) is 0 Å². The summed E-state index contributed by atoms with van der Waals surface area (Å²) >= 11 is 0. The minimum absolute atomic E-state index is 0.00182. The van der Waals surface area contributed by atoms with Crippen LogP contribution < -0.4 is 0 Å². The molecule has 0 aliphatic rings. The van der Waals surface area contributed by atoms with Crippen molar-refractivity contribution in [1.29, 1.82) is 0 Å². The molecule has 3 heteroatoms. The van der Waals surface area contributed by atoms with Crippen molar-refractivity contribution in [2.24, 2.45) is 0 Å². The van der Waals surface area contributed by atoms with E-state index in [1.54, 1.807) is 6.92 Å². The number of halogens is 1. The first-order valence-electron chi connectivity index (χ1n) is 4.93. The van der Waals surface area contributed by atoms with Crippen LogP contribution >= 0.6 is 0 Å². The predicted octanol–water partition coefficient (Wildman–Crippen LogP) is 2.41. The molecule has 0 radical (unpaired) electrons. The molecule has 15 heavy (non-hydrogen) atoms. The number of rotatable bonds is 3. The quantitative estimate of drug-likeness (QED) is 0.716. The topological polar surface area (TPSA) is 26.3 Å². The molecule has 0 saturated carbocycles. The third-order valence-electron chi connectivity index (χ3n) is 2.44. The van der Waals surface area contributed by atoms with Crippen LogP contribution in [0, 0.1) is 12.7 Å². The van der Waals surface area contributed by atoms with Crippen LogP contribution in [0.1, 0.15) is 23.6 Å². The van der Waals surface area contributed by atoms with E-state index in [0.717, 1.165) is 17.5 Å². The third kappa shape index (κ3) is 2.78. The van der Waals surface area contributed by atoms with Crippen molar-refractivity contribution < 1.29 is 13.9 Å². The van der Waals surface area contributed by atoms with E-state index in [1.165, 1.54) is 13.2 Å². The Morgan fingerprint density at radius 3 is 2.60 bits per heavy atom. The van der Waals surface area contributed by atoms with Gasteiger partial charge in [0.25, 0.3) is 0 Å².